The van der Waals surface area contributed by atoms with Gasteiger partial charge >= 0.3 is 5.91 Å². The van der Waals surface area contributed by atoms with Crippen molar-refractivity contribution < 1.29 is 14.5 Å². The summed E-state index contributed by atoms with van der Waals surface area (Å²) in [6.07, 6.45) is 6.19. The lowest BCUT2D eigenvalue weighted by Gasteiger charge is -2.31. The van der Waals surface area contributed by atoms with E-state index in [0.29, 0.717) is 17.9 Å². The summed E-state index contributed by atoms with van der Waals surface area (Å²) >= 11 is -1.57. The van der Waals surface area contributed by atoms with Gasteiger partial charge in [0.2, 0.25) is 4.91 Å². The van der Waals surface area contributed by atoms with Crippen molar-refractivity contribution in [2.24, 2.45) is 0 Å². The molecule has 0 radical (unpaired) electrons. The van der Waals surface area contributed by atoms with E-state index in [1.165, 1.54) is 0 Å². The second-order valence-corrected chi connectivity index (χ2v) is 8.53. The smallest absolute Gasteiger partial charge is 0.301 e. The number of rotatable bonds is 4. The average molecular weight is 398 g/mol. The molecule has 2 aliphatic rings. The van der Waals surface area contributed by atoms with Gasteiger partial charge in [-0.25, -0.2) is 0 Å². The largest absolute Gasteiger partial charge is 0.606 e. The van der Waals surface area contributed by atoms with E-state index in [1.54, 1.807) is 18.5 Å². The number of pyridine rings is 1. The van der Waals surface area contributed by atoms with Crippen molar-refractivity contribution in [1.29, 1.82) is 0 Å². The van der Waals surface area contributed by atoms with Crippen molar-refractivity contribution in [1.82, 2.24) is 10.3 Å². The Bertz CT molecular complexity index is 874. The van der Waals surface area contributed by atoms with Gasteiger partial charge in [0.1, 0.15) is 0 Å². The molecule has 0 spiro atoms. The Labute approximate surface area is 167 Å². The number of amides is 1. The Morgan fingerprint density at radius 3 is 2.79 bits per heavy atom. The van der Waals surface area contributed by atoms with Crippen molar-refractivity contribution in [3.8, 4) is 0 Å². The minimum absolute atomic E-state index is 0.201. The first kappa shape index (κ1) is 19.0. The monoisotopic (exact) mass is 397 g/mol. The molecule has 146 valence electrons. The highest BCUT2D eigenvalue weighted by atomic mass is 32.2. The Hall–Kier alpha value is -2.35. The van der Waals surface area contributed by atoms with E-state index in [9.17, 15) is 14.5 Å². The molecular weight excluding hydrogens is 374 g/mol. The van der Waals surface area contributed by atoms with Gasteiger partial charge in [0.15, 0.2) is 4.90 Å². The summed E-state index contributed by atoms with van der Waals surface area (Å²) in [5.74, 6) is -0.384. The Kier molecular flexibility index (Phi) is 5.66. The second kappa shape index (κ2) is 8.34. The number of aliphatic hydroxyl groups is 1. The number of aliphatic hydroxyl groups excluding tert-OH is 1. The van der Waals surface area contributed by atoms with Gasteiger partial charge in [-0.05, 0) is 37.1 Å². The summed E-state index contributed by atoms with van der Waals surface area (Å²) in [6, 6.07) is 12.8. The van der Waals surface area contributed by atoms with Crippen LogP contribution in [0.3, 0.4) is 0 Å². The fourth-order valence-electron chi connectivity index (χ4n) is 3.69. The van der Waals surface area contributed by atoms with E-state index in [0.717, 1.165) is 30.6 Å². The van der Waals surface area contributed by atoms with Crippen LogP contribution in [0.4, 0.5) is 5.69 Å². The lowest BCUT2D eigenvalue weighted by atomic mass is 9.92. The Morgan fingerprint density at radius 2 is 2.00 bits per heavy atom. The molecule has 28 heavy (non-hydrogen) atoms. The van der Waals surface area contributed by atoms with Gasteiger partial charge in [-0.15, -0.1) is 0 Å². The number of carbonyl (C=O) groups excluding carboxylic acids is 1. The maximum atomic E-state index is 13.1. The van der Waals surface area contributed by atoms with Crippen LogP contribution in [0.15, 0.2) is 64.7 Å². The third kappa shape index (κ3) is 3.92. The third-order valence-corrected chi connectivity index (χ3v) is 6.61. The summed E-state index contributed by atoms with van der Waals surface area (Å²) in [4.78, 5) is 20.0. The van der Waals surface area contributed by atoms with Crippen LogP contribution in [0, 0.1) is 0 Å². The zero-order valence-electron chi connectivity index (χ0n) is 15.5. The number of fused-ring (bicyclic) bond motifs is 1. The van der Waals surface area contributed by atoms with Crippen LogP contribution >= 0.6 is 0 Å². The predicted molar refractivity (Wildman–Crippen MR) is 108 cm³/mol. The van der Waals surface area contributed by atoms with Gasteiger partial charge < -0.3 is 19.9 Å². The van der Waals surface area contributed by atoms with Gasteiger partial charge in [0.05, 0.1) is 36.3 Å². The molecule has 1 aromatic heterocycles. The molecule has 2 heterocycles. The van der Waals surface area contributed by atoms with E-state index >= 15 is 0 Å². The fraction of sp³-hybridized carbons (Fsp3) is 0.333. The quantitative estimate of drug-likeness (QED) is 0.774. The van der Waals surface area contributed by atoms with Crippen LogP contribution in [0.25, 0.3) is 0 Å². The highest BCUT2D eigenvalue weighted by Gasteiger charge is 2.36. The van der Waals surface area contributed by atoms with Gasteiger partial charge in [-0.3, -0.25) is 9.78 Å². The molecule has 3 atom stereocenters. The molecule has 0 bridgehead atoms. The Morgan fingerprint density at radius 1 is 1.21 bits per heavy atom. The fourth-order valence-corrected chi connectivity index (χ4v) is 4.95. The van der Waals surface area contributed by atoms with Crippen molar-refractivity contribution in [3.05, 3.63) is 65.5 Å². The second-order valence-electron chi connectivity index (χ2n) is 7.11. The topological polar surface area (TPSA) is 88.5 Å². The molecule has 6 nitrogen and oxygen atoms in total. The molecule has 1 saturated carbocycles. The number of nitrogens with zero attached hydrogens (tertiary/aromatic N) is 2. The molecule has 1 amide bonds. The maximum absolute atomic E-state index is 13.1. The average Bonchev–Trinajstić information content (AvgIpc) is 2.72. The minimum atomic E-state index is -1.57. The molecule has 7 heteroatoms. The van der Waals surface area contributed by atoms with Gasteiger partial charge in [0, 0.05) is 17.4 Å². The number of benzene rings is 1. The first-order chi connectivity index (χ1) is 13.6. The van der Waals surface area contributed by atoms with Crippen LogP contribution in [0.2, 0.25) is 0 Å². The molecular formula is C21H23N3O3S. The molecule has 4 rings (SSSR count). The predicted octanol–water partition coefficient (Wildman–Crippen LogP) is 2.47. The molecule has 1 aromatic carbocycles. The molecule has 1 fully saturated rings. The van der Waals surface area contributed by atoms with Gasteiger partial charge in [-0.1, -0.05) is 31.0 Å². The van der Waals surface area contributed by atoms with Crippen LogP contribution in [-0.4, -0.2) is 32.7 Å². The van der Waals surface area contributed by atoms with Crippen molar-refractivity contribution >= 4 is 22.8 Å². The minimum Gasteiger partial charge on any atom is -0.606 e. The van der Waals surface area contributed by atoms with E-state index < -0.39 is 17.3 Å². The normalized spacial score (nSPS) is 24.3. The number of carbonyl (C=O) groups is 1. The SMILES string of the molecule is O=C(N[C@H]1CCCC[C@@H]1O)C1=CN(Cc2ccccn2)c2ccccc2[S+]1[O-]. The first-order valence-electron chi connectivity index (χ1n) is 9.51. The highest BCUT2D eigenvalue weighted by molar-refractivity contribution is 7.96. The maximum Gasteiger partial charge on any atom is 0.301 e. The summed E-state index contributed by atoms with van der Waals surface area (Å²) in [6.45, 7) is 0.470. The van der Waals surface area contributed by atoms with Crippen LogP contribution in [-0.2, 0) is 22.5 Å². The molecule has 2 N–H and O–H groups in total. The summed E-state index contributed by atoms with van der Waals surface area (Å²) in [5.41, 5.74) is 1.66. The van der Waals surface area contributed by atoms with E-state index in [2.05, 4.69) is 10.3 Å². The zero-order valence-corrected chi connectivity index (χ0v) is 16.3. The van der Waals surface area contributed by atoms with Gasteiger partial charge in [0.25, 0.3) is 0 Å². The number of nitrogens with one attached hydrogen (secondary N) is 1. The van der Waals surface area contributed by atoms with Crippen molar-refractivity contribution in [3.63, 3.8) is 0 Å². The van der Waals surface area contributed by atoms with Crippen LogP contribution in [0.1, 0.15) is 31.4 Å². The third-order valence-electron chi connectivity index (χ3n) is 5.18. The standard InChI is InChI=1S/C21H23N3O3S/c25-18-10-3-1-8-16(18)23-21(26)20-14-24(13-15-7-5-6-12-22-15)17-9-2-4-11-19(17)28(20)27/h2,4-7,9,11-12,14,16,18,25H,1,3,8,10,13H2,(H,23,26)/t16-,18-,28?/m0/s1. The number of anilines is 1. The van der Waals surface area contributed by atoms with Crippen molar-refractivity contribution in [2.75, 3.05) is 4.90 Å². The molecule has 1 unspecified atom stereocenters. The summed E-state index contributed by atoms with van der Waals surface area (Å²) in [7, 11) is 0. The van der Waals surface area contributed by atoms with E-state index in [1.807, 2.05) is 41.3 Å². The number of aromatic nitrogens is 1. The van der Waals surface area contributed by atoms with Crippen LogP contribution < -0.4 is 10.2 Å². The lowest BCUT2D eigenvalue weighted by Crippen LogP contribution is -2.47. The molecule has 1 aliphatic heterocycles. The highest BCUT2D eigenvalue weighted by Crippen LogP contribution is 2.36. The first-order valence-corrected chi connectivity index (χ1v) is 10.7. The van der Waals surface area contributed by atoms with Gasteiger partial charge in [-0.2, -0.15) is 0 Å². The molecule has 1 aliphatic carbocycles. The molecule has 2 aromatic rings. The zero-order chi connectivity index (χ0) is 19.5. The van der Waals surface area contributed by atoms with E-state index in [4.69, 9.17) is 0 Å². The van der Waals surface area contributed by atoms with E-state index in [-0.39, 0.29) is 16.9 Å². The number of hydrogen-bond acceptors (Lipinski definition) is 5. The van der Waals surface area contributed by atoms with Crippen molar-refractivity contribution in [2.45, 2.75) is 49.3 Å². The molecule has 0 saturated heterocycles. The van der Waals surface area contributed by atoms with Crippen LogP contribution in [0.5, 0.6) is 0 Å². The number of hydrogen-bond donors (Lipinski definition) is 2. The Balaban J connectivity index is 1.61. The summed E-state index contributed by atoms with van der Waals surface area (Å²) < 4.78 is 13.1. The lowest BCUT2D eigenvalue weighted by molar-refractivity contribution is -0.118. The number of para-hydroxylation sites is 1. The summed E-state index contributed by atoms with van der Waals surface area (Å²) in [5, 5.41) is 13.0.